The molecule has 4 rings (SSSR count). The van der Waals surface area contributed by atoms with Crippen molar-refractivity contribution >= 4 is 17.0 Å². The number of nitrogens with zero attached hydrogens (tertiary/aromatic N) is 1. The van der Waals surface area contributed by atoms with Gasteiger partial charge in [-0.3, -0.25) is 4.90 Å². The van der Waals surface area contributed by atoms with Gasteiger partial charge in [-0.2, -0.15) is 0 Å². The van der Waals surface area contributed by atoms with Gasteiger partial charge >= 0.3 is 0 Å². The lowest BCUT2D eigenvalue weighted by atomic mass is 10.1. The first-order valence-electron chi connectivity index (χ1n) is 8.58. The second kappa shape index (κ2) is 7.08. The van der Waals surface area contributed by atoms with Gasteiger partial charge in [0.2, 0.25) is 0 Å². The average molecular weight is 333 g/mol. The fraction of sp³-hybridized carbons (Fsp3) is 0.182. The second-order valence-electron chi connectivity index (χ2n) is 6.41. The van der Waals surface area contributed by atoms with Crippen LogP contribution in [-0.2, 0) is 6.54 Å². The standard InChI is InChI=1S/C22H20FNO/c23-20-8-9-22-21(14-20)19(16-25-22)15-24-12-10-18(11-13-24)7-6-17-4-2-1-3-5-17/h1-10,14,16H,11-13,15H2. The van der Waals surface area contributed by atoms with E-state index in [9.17, 15) is 4.39 Å². The number of hydrogen-bond acceptors (Lipinski definition) is 2. The first-order valence-corrected chi connectivity index (χ1v) is 8.58. The molecule has 0 fully saturated rings. The summed E-state index contributed by atoms with van der Waals surface area (Å²) < 4.78 is 19.0. The Morgan fingerprint density at radius 2 is 1.96 bits per heavy atom. The van der Waals surface area contributed by atoms with Crippen LogP contribution in [0, 0.1) is 5.82 Å². The number of allylic oxidation sites excluding steroid dienone is 1. The topological polar surface area (TPSA) is 16.4 Å². The van der Waals surface area contributed by atoms with E-state index in [0.717, 1.165) is 42.6 Å². The molecule has 1 aromatic heterocycles. The molecule has 1 aliphatic heterocycles. The largest absolute Gasteiger partial charge is 0.464 e. The Bertz CT molecular complexity index is 924. The molecule has 0 amide bonds. The summed E-state index contributed by atoms with van der Waals surface area (Å²) >= 11 is 0. The first kappa shape index (κ1) is 15.9. The third-order valence-corrected chi connectivity index (χ3v) is 4.63. The molecular weight excluding hydrogens is 313 g/mol. The van der Waals surface area contributed by atoms with E-state index in [1.54, 1.807) is 18.4 Å². The van der Waals surface area contributed by atoms with Crippen molar-refractivity contribution < 1.29 is 8.81 Å². The lowest BCUT2D eigenvalue weighted by molar-refractivity contribution is 0.287. The Labute approximate surface area is 146 Å². The number of hydrogen-bond donors (Lipinski definition) is 0. The molecule has 0 saturated heterocycles. The van der Waals surface area contributed by atoms with Crippen molar-refractivity contribution in [2.45, 2.75) is 13.0 Å². The molecule has 0 atom stereocenters. The molecule has 0 spiro atoms. The van der Waals surface area contributed by atoms with Crippen molar-refractivity contribution in [1.82, 2.24) is 4.90 Å². The molecule has 3 aromatic rings. The fourth-order valence-electron chi connectivity index (χ4n) is 3.21. The highest BCUT2D eigenvalue weighted by atomic mass is 19.1. The average Bonchev–Trinajstić information content (AvgIpc) is 3.04. The van der Waals surface area contributed by atoms with Gasteiger partial charge in [0.25, 0.3) is 0 Å². The zero-order valence-electron chi connectivity index (χ0n) is 14.0. The Balaban J connectivity index is 1.42. The van der Waals surface area contributed by atoms with Crippen LogP contribution < -0.4 is 0 Å². The van der Waals surface area contributed by atoms with Crippen LogP contribution in [0.5, 0.6) is 0 Å². The zero-order chi connectivity index (χ0) is 17.1. The summed E-state index contributed by atoms with van der Waals surface area (Å²) in [6, 6.07) is 15.0. The van der Waals surface area contributed by atoms with Gasteiger partial charge in [0, 0.05) is 30.6 Å². The molecule has 0 unspecified atom stereocenters. The summed E-state index contributed by atoms with van der Waals surface area (Å²) in [7, 11) is 0. The molecule has 2 nitrogen and oxygen atoms in total. The van der Waals surface area contributed by atoms with Crippen LogP contribution in [0.1, 0.15) is 17.5 Å². The molecule has 0 N–H and O–H groups in total. The van der Waals surface area contributed by atoms with Gasteiger partial charge in [-0.1, -0.05) is 48.6 Å². The van der Waals surface area contributed by atoms with Gasteiger partial charge in [0.1, 0.15) is 11.4 Å². The van der Waals surface area contributed by atoms with E-state index >= 15 is 0 Å². The molecule has 0 bridgehead atoms. The van der Waals surface area contributed by atoms with Crippen LogP contribution in [0.15, 0.2) is 76.9 Å². The van der Waals surface area contributed by atoms with E-state index in [-0.39, 0.29) is 5.82 Å². The fourth-order valence-corrected chi connectivity index (χ4v) is 3.21. The maximum Gasteiger partial charge on any atom is 0.134 e. The molecule has 0 aliphatic carbocycles. The molecule has 2 aromatic carbocycles. The highest BCUT2D eigenvalue weighted by Gasteiger charge is 2.14. The highest BCUT2D eigenvalue weighted by Crippen LogP contribution is 2.24. The maximum atomic E-state index is 13.5. The predicted octanol–water partition coefficient (Wildman–Crippen LogP) is 5.42. The summed E-state index contributed by atoms with van der Waals surface area (Å²) in [5.74, 6) is -0.220. The van der Waals surface area contributed by atoms with Crippen molar-refractivity contribution in [3.63, 3.8) is 0 Å². The minimum Gasteiger partial charge on any atom is -0.464 e. The summed E-state index contributed by atoms with van der Waals surface area (Å²) in [6.07, 6.45) is 9.40. The number of benzene rings is 2. The monoisotopic (exact) mass is 333 g/mol. The van der Waals surface area contributed by atoms with E-state index in [1.807, 2.05) is 6.07 Å². The maximum absolute atomic E-state index is 13.5. The summed E-state index contributed by atoms with van der Waals surface area (Å²) in [6.45, 7) is 2.67. The van der Waals surface area contributed by atoms with Crippen LogP contribution >= 0.6 is 0 Å². The van der Waals surface area contributed by atoms with Gasteiger partial charge in [-0.05, 0) is 35.8 Å². The second-order valence-corrected chi connectivity index (χ2v) is 6.41. The van der Waals surface area contributed by atoms with E-state index in [0.29, 0.717) is 0 Å². The van der Waals surface area contributed by atoms with Crippen LogP contribution in [0.4, 0.5) is 4.39 Å². The van der Waals surface area contributed by atoms with Gasteiger partial charge in [-0.15, -0.1) is 0 Å². The Hall–Kier alpha value is -2.65. The van der Waals surface area contributed by atoms with Crippen molar-refractivity contribution in [2.24, 2.45) is 0 Å². The van der Waals surface area contributed by atoms with E-state index in [4.69, 9.17) is 4.42 Å². The molecule has 0 saturated carbocycles. The zero-order valence-corrected chi connectivity index (χ0v) is 14.0. The van der Waals surface area contributed by atoms with Crippen LogP contribution in [-0.4, -0.2) is 18.0 Å². The van der Waals surface area contributed by atoms with Gasteiger partial charge in [0.15, 0.2) is 0 Å². The summed E-state index contributed by atoms with van der Waals surface area (Å²) in [5, 5.41) is 0.874. The van der Waals surface area contributed by atoms with E-state index < -0.39 is 0 Å². The minimum atomic E-state index is -0.220. The van der Waals surface area contributed by atoms with Crippen molar-refractivity contribution in [3.8, 4) is 0 Å². The Morgan fingerprint density at radius 1 is 1.08 bits per heavy atom. The third-order valence-electron chi connectivity index (χ3n) is 4.63. The summed E-state index contributed by atoms with van der Waals surface area (Å²) in [5.41, 5.74) is 4.38. The smallest absolute Gasteiger partial charge is 0.134 e. The molecule has 25 heavy (non-hydrogen) atoms. The van der Waals surface area contributed by atoms with Crippen molar-refractivity contribution in [3.05, 3.63) is 89.5 Å². The van der Waals surface area contributed by atoms with Gasteiger partial charge in [0.05, 0.1) is 6.26 Å². The first-order chi connectivity index (χ1) is 12.3. The molecule has 126 valence electrons. The Morgan fingerprint density at radius 3 is 2.76 bits per heavy atom. The molecule has 1 aliphatic rings. The quantitative estimate of drug-likeness (QED) is 0.634. The molecule has 0 radical (unpaired) electrons. The lowest BCUT2D eigenvalue weighted by Crippen LogP contribution is -2.27. The highest BCUT2D eigenvalue weighted by molar-refractivity contribution is 5.80. The number of rotatable bonds is 4. The molecule has 2 heterocycles. The van der Waals surface area contributed by atoms with Crippen LogP contribution in [0.2, 0.25) is 0 Å². The lowest BCUT2D eigenvalue weighted by Gasteiger charge is -2.25. The number of halogens is 1. The van der Waals surface area contributed by atoms with Crippen LogP contribution in [0.25, 0.3) is 17.0 Å². The normalized spacial score (nSPS) is 15.8. The van der Waals surface area contributed by atoms with Gasteiger partial charge in [-0.25, -0.2) is 4.39 Å². The van der Waals surface area contributed by atoms with E-state index in [1.165, 1.54) is 17.2 Å². The van der Waals surface area contributed by atoms with Gasteiger partial charge < -0.3 is 4.42 Å². The van der Waals surface area contributed by atoms with E-state index in [2.05, 4.69) is 47.4 Å². The Kier molecular flexibility index (Phi) is 4.49. The summed E-state index contributed by atoms with van der Waals surface area (Å²) in [4.78, 5) is 2.36. The SMILES string of the molecule is Fc1ccc2occ(CN3CC=C(C=Cc4ccccc4)CC3)c2c1. The number of furan rings is 1. The predicted molar refractivity (Wildman–Crippen MR) is 99.6 cm³/mol. The van der Waals surface area contributed by atoms with Crippen molar-refractivity contribution in [1.29, 1.82) is 0 Å². The minimum absolute atomic E-state index is 0.220. The molecular formula is C22H20FNO. The third kappa shape index (κ3) is 3.72. The molecule has 3 heteroatoms. The van der Waals surface area contributed by atoms with Crippen molar-refractivity contribution in [2.75, 3.05) is 13.1 Å². The number of fused-ring (bicyclic) bond motifs is 1. The van der Waals surface area contributed by atoms with Crippen LogP contribution in [0.3, 0.4) is 0 Å².